The van der Waals surface area contributed by atoms with Crippen LogP contribution in [0.15, 0.2) is 71.8 Å². The van der Waals surface area contributed by atoms with Gasteiger partial charge in [-0.05, 0) is 42.6 Å². The number of fused-ring (bicyclic) bond motifs is 1. The second-order valence-corrected chi connectivity index (χ2v) is 6.27. The van der Waals surface area contributed by atoms with E-state index in [9.17, 15) is 9.59 Å². The van der Waals surface area contributed by atoms with E-state index >= 15 is 0 Å². The lowest BCUT2D eigenvalue weighted by molar-refractivity contribution is -0.115. The highest BCUT2D eigenvalue weighted by Gasteiger charge is 2.09. The van der Waals surface area contributed by atoms with Crippen LogP contribution in [0.3, 0.4) is 0 Å². The minimum absolute atomic E-state index is 0.0755. The van der Waals surface area contributed by atoms with Crippen LogP contribution in [0.1, 0.15) is 23.7 Å². The summed E-state index contributed by atoms with van der Waals surface area (Å²) in [6.07, 6.45) is 0.0755. The van der Waals surface area contributed by atoms with Gasteiger partial charge in [0.05, 0.1) is 13.5 Å². The minimum Gasteiger partial charge on any atom is -0.497 e. The van der Waals surface area contributed by atoms with Gasteiger partial charge in [0, 0.05) is 22.3 Å². The van der Waals surface area contributed by atoms with Gasteiger partial charge < -0.3 is 10.1 Å². The maximum absolute atomic E-state index is 12.3. The monoisotopic (exact) mass is 375 g/mol. The van der Waals surface area contributed by atoms with Crippen LogP contribution in [0.4, 0.5) is 5.69 Å². The summed E-state index contributed by atoms with van der Waals surface area (Å²) in [5.41, 5.74) is 4.17. The summed E-state index contributed by atoms with van der Waals surface area (Å²) in [7, 11) is 1.56. The third-order valence-corrected chi connectivity index (χ3v) is 4.18. The largest absolute Gasteiger partial charge is 0.497 e. The summed E-state index contributed by atoms with van der Waals surface area (Å²) >= 11 is 0. The number of hydrogen-bond acceptors (Lipinski definition) is 4. The van der Waals surface area contributed by atoms with Crippen molar-refractivity contribution in [2.75, 3.05) is 12.4 Å². The fourth-order valence-corrected chi connectivity index (χ4v) is 2.75. The summed E-state index contributed by atoms with van der Waals surface area (Å²) < 4.78 is 5.06. The molecule has 0 bridgehead atoms. The summed E-state index contributed by atoms with van der Waals surface area (Å²) in [4.78, 5) is 24.4. The Labute approximate surface area is 163 Å². The minimum atomic E-state index is -0.350. The molecule has 0 radical (unpaired) electrons. The number of carbonyl (C=O) groups excluding carboxylic acids is 2. The van der Waals surface area contributed by atoms with Gasteiger partial charge in [0.2, 0.25) is 5.91 Å². The molecule has 0 aromatic heterocycles. The number of hydrazone groups is 1. The zero-order valence-corrected chi connectivity index (χ0v) is 15.7. The third-order valence-electron chi connectivity index (χ3n) is 4.18. The van der Waals surface area contributed by atoms with Gasteiger partial charge in [0.1, 0.15) is 5.75 Å². The van der Waals surface area contributed by atoms with Crippen LogP contribution < -0.4 is 15.5 Å². The molecular formula is C22H21N3O3. The van der Waals surface area contributed by atoms with Crippen LogP contribution in [0.25, 0.3) is 10.8 Å². The summed E-state index contributed by atoms with van der Waals surface area (Å²) in [6.45, 7) is 1.69. The molecule has 3 rings (SSSR count). The van der Waals surface area contributed by atoms with Crippen LogP contribution in [0.5, 0.6) is 5.75 Å². The lowest BCUT2D eigenvalue weighted by Gasteiger charge is -2.09. The Morgan fingerprint density at radius 3 is 2.43 bits per heavy atom. The molecule has 3 aromatic rings. The van der Waals surface area contributed by atoms with E-state index in [1.54, 1.807) is 38.3 Å². The highest BCUT2D eigenvalue weighted by molar-refractivity contribution is 6.09. The molecule has 0 spiro atoms. The molecule has 0 saturated carbocycles. The number of amides is 2. The quantitative estimate of drug-likeness (QED) is 0.505. The predicted octanol–water partition coefficient (Wildman–Crippen LogP) is 3.98. The molecule has 0 aliphatic heterocycles. The molecule has 28 heavy (non-hydrogen) atoms. The van der Waals surface area contributed by atoms with Crippen molar-refractivity contribution in [2.45, 2.75) is 13.3 Å². The SMILES string of the molecule is COc1ccc(C(=O)N/N=C(/C)CC(=O)Nc2cccc3ccccc23)cc1. The molecule has 6 heteroatoms. The lowest BCUT2D eigenvalue weighted by Crippen LogP contribution is -2.21. The average molecular weight is 375 g/mol. The second kappa shape index (κ2) is 8.81. The molecule has 0 unspecified atom stereocenters. The number of carbonyl (C=O) groups is 2. The second-order valence-electron chi connectivity index (χ2n) is 6.27. The number of benzene rings is 3. The topological polar surface area (TPSA) is 79.8 Å². The number of nitrogens with one attached hydrogen (secondary N) is 2. The average Bonchev–Trinajstić information content (AvgIpc) is 2.72. The molecule has 3 aromatic carbocycles. The van der Waals surface area contributed by atoms with Gasteiger partial charge in [-0.25, -0.2) is 5.43 Å². The first-order chi connectivity index (χ1) is 13.6. The van der Waals surface area contributed by atoms with E-state index in [0.29, 0.717) is 17.0 Å². The van der Waals surface area contributed by atoms with Crippen LogP contribution in [-0.4, -0.2) is 24.6 Å². The van der Waals surface area contributed by atoms with E-state index in [4.69, 9.17) is 4.74 Å². The number of anilines is 1. The highest BCUT2D eigenvalue weighted by Crippen LogP contribution is 2.23. The van der Waals surface area contributed by atoms with E-state index in [1.807, 2.05) is 42.5 Å². The van der Waals surface area contributed by atoms with Crippen LogP contribution in [0, 0.1) is 0 Å². The third kappa shape index (κ3) is 4.73. The molecule has 0 saturated heterocycles. The van der Waals surface area contributed by atoms with Gasteiger partial charge in [-0.1, -0.05) is 36.4 Å². The number of ether oxygens (including phenoxy) is 1. The molecule has 0 heterocycles. The van der Waals surface area contributed by atoms with E-state index in [1.165, 1.54) is 0 Å². The standard InChI is InChI=1S/C22H21N3O3/c1-15(24-25-22(27)17-10-12-18(28-2)13-11-17)14-21(26)23-20-9-5-7-16-6-3-4-8-19(16)20/h3-13H,14H2,1-2H3,(H,23,26)(H,25,27)/b24-15-. The summed E-state index contributed by atoms with van der Waals surface area (Å²) in [6, 6.07) is 20.3. The Kier molecular flexibility index (Phi) is 6.01. The van der Waals surface area contributed by atoms with Gasteiger partial charge in [0.15, 0.2) is 0 Å². The van der Waals surface area contributed by atoms with Crippen molar-refractivity contribution < 1.29 is 14.3 Å². The fraction of sp³-hybridized carbons (Fsp3) is 0.136. The normalized spacial score (nSPS) is 11.1. The molecule has 0 aliphatic carbocycles. The van der Waals surface area contributed by atoms with Crippen LogP contribution in [-0.2, 0) is 4.79 Å². The Balaban J connectivity index is 1.59. The Morgan fingerprint density at radius 1 is 0.964 bits per heavy atom. The van der Waals surface area contributed by atoms with E-state index in [0.717, 1.165) is 16.5 Å². The van der Waals surface area contributed by atoms with Crippen molar-refractivity contribution in [1.29, 1.82) is 0 Å². The Hall–Kier alpha value is -3.67. The molecule has 2 amide bonds. The van der Waals surface area contributed by atoms with Crippen molar-refractivity contribution in [1.82, 2.24) is 5.43 Å². The van der Waals surface area contributed by atoms with Gasteiger partial charge in [-0.15, -0.1) is 0 Å². The number of rotatable bonds is 6. The molecule has 0 atom stereocenters. The fourth-order valence-electron chi connectivity index (χ4n) is 2.75. The smallest absolute Gasteiger partial charge is 0.271 e. The maximum Gasteiger partial charge on any atom is 0.271 e. The lowest BCUT2D eigenvalue weighted by atomic mass is 10.1. The number of hydrogen-bond donors (Lipinski definition) is 2. The van der Waals surface area contributed by atoms with Gasteiger partial charge in [-0.3, -0.25) is 9.59 Å². The highest BCUT2D eigenvalue weighted by atomic mass is 16.5. The van der Waals surface area contributed by atoms with Gasteiger partial charge in [0.25, 0.3) is 5.91 Å². The van der Waals surface area contributed by atoms with E-state index in [2.05, 4.69) is 15.8 Å². The zero-order chi connectivity index (χ0) is 19.9. The summed E-state index contributed by atoms with van der Waals surface area (Å²) in [5, 5.41) is 8.94. The Bertz CT molecular complexity index is 1020. The Morgan fingerprint density at radius 2 is 1.68 bits per heavy atom. The van der Waals surface area contributed by atoms with Crippen molar-refractivity contribution >= 4 is 34.0 Å². The predicted molar refractivity (Wildman–Crippen MR) is 111 cm³/mol. The number of nitrogens with zero attached hydrogens (tertiary/aromatic N) is 1. The first-order valence-electron chi connectivity index (χ1n) is 8.82. The molecule has 0 fully saturated rings. The van der Waals surface area contributed by atoms with E-state index < -0.39 is 0 Å². The van der Waals surface area contributed by atoms with Crippen molar-refractivity contribution in [3.63, 3.8) is 0 Å². The van der Waals surface area contributed by atoms with Crippen LogP contribution >= 0.6 is 0 Å². The first-order valence-corrected chi connectivity index (χ1v) is 8.82. The molecule has 0 aliphatic rings. The maximum atomic E-state index is 12.3. The first kappa shape index (κ1) is 19.1. The molecule has 2 N–H and O–H groups in total. The van der Waals surface area contributed by atoms with Crippen molar-refractivity contribution in [3.05, 3.63) is 72.3 Å². The van der Waals surface area contributed by atoms with Gasteiger partial charge in [-0.2, -0.15) is 5.10 Å². The zero-order valence-electron chi connectivity index (χ0n) is 15.7. The molecular weight excluding hydrogens is 354 g/mol. The summed E-state index contributed by atoms with van der Waals surface area (Å²) in [5.74, 6) is 0.120. The van der Waals surface area contributed by atoms with Crippen molar-refractivity contribution in [2.24, 2.45) is 5.10 Å². The molecule has 142 valence electrons. The van der Waals surface area contributed by atoms with Crippen LogP contribution in [0.2, 0.25) is 0 Å². The molecule has 6 nitrogen and oxygen atoms in total. The number of methoxy groups -OCH3 is 1. The van der Waals surface area contributed by atoms with Crippen molar-refractivity contribution in [3.8, 4) is 5.75 Å². The van der Waals surface area contributed by atoms with E-state index in [-0.39, 0.29) is 18.2 Å². The van der Waals surface area contributed by atoms with Gasteiger partial charge >= 0.3 is 0 Å².